The summed E-state index contributed by atoms with van der Waals surface area (Å²) in [5, 5.41) is 3.03. The van der Waals surface area contributed by atoms with E-state index in [2.05, 4.69) is 29.1 Å². The van der Waals surface area contributed by atoms with Crippen molar-refractivity contribution in [3.63, 3.8) is 0 Å². The van der Waals surface area contributed by atoms with Crippen molar-refractivity contribution in [2.75, 3.05) is 12.4 Å². The van der Waals surface area contributed by atoms with Crippen LogP contribution in [0.1, 0.15) is 38.2 Å². The van der Waals surface area contributed by atoms with E-state index in [0.29, 0.717) is 6.61 Å². The summed E-state index contributed by atoms with van der Waals surface area (Å²) < 4.78 is 11.6. The Labute approximate surface area is 114 Å². The Morgan fingerprint density at radius 2 is 2.00 bits per heavy atom. The Hall–Kier alpha value is -1.20. The number of aryl methyl sites for hydroxylation is 1. The van der Waals surface area contributed by atoms with E-state index in [1.54, 1.807) is 0 Å². The second-order valence-electron chi connectivity index (χ2n) is 5.22. The highest BCUT2D eigenvalue weighted by Gasteiger charge is 2.25. The van der Waals surface area contributed by atoms with Gasteiger partial charge in [-0.3, -0.25) is 0 Å². The molecule has 5 nitrogen and oxygen atoms in total. The van der Waals surface area contributed by atoms with Crippen LogP contribution >= 0.6 is 0 Å². The first kappa shape index (κ1) is 14.2. The normalized spacial score (nSPS) is 27.3. The summed E-state index contributed by atoms with van der Waals surface area (Å²) in [4.78, 5) is 8.79. The van der Waals surface area contributed by atoms with Gasteiger partial charge in [-0.2, -0.15) is 0 Å². The van der Waals surface area contributed by atoms with E-state index in [1.165, 1.54) is 0 Å². The molecule has 2 unspecified atom stereocenters. The van der Waals surface area contributed by atoms with Crippen LogP contribution in [-0.4, -0.2) is 35.3 Å². The van der Waals surface area contributed by atoms with Gasteiger partial charge in [0, 0.05) is 18.8 Å². The van der Waals surface area contributed by atoms with Gasteiger partial charge in [-0.05, 0) is 33.6 Å². The maximum Gasteiger partial charge on any atom is 0.156 e. The van der Waals surface area contributed by atoms with Gasteiger partial charge in [0.15, 0.2) is 5.82 Å². The van der Waals surface area contributed by atoms with Gasteiger partial charge in [0.05, 0.1) is 18.3 Å². The maximum atomic E-state index is 5.93. The fourth-order valence-electron chi connectivity index (χ4n) is 2.50. The molecule has 2 rings (SSSR count). The molecule has 1 aromatic rings. The van der Waals surface area contributed by atoms with Crippen molar-refractivity contribution < 1.29 is 9.47 Å². The van der Waals surface area contributed by atoms with Crippen LogP contribution < -0.4 is 5.32 Å². The first-order valence-corrected chi connectivity index (χ1v) is 6.86. The van der Waals surface area contributed by atoms with Crippen molar-refractivity contribution in [3.05, 3.63) is 17.6 Å². The fourth-order valence-corrected chi connectivity index (χ4v) is 2.50. The first-order valence-electron chi connectivity index (χ1n) is 6.86. The van der Waals surface area contributed by atoms with Crippen molar-refractivity contribution in [2.45, 2.75) is 58.5 Å². The van der Waals surface area contributed by atoms with Crippen molar-refractivity contribution in [1.29, 1.82) is 0 Å². The van der Waals surface area contributed by atoms with Gasteiger partial charge in [0.25, 0.3) is 0 Å². The molecule has 1 aliphatic heterocycles. The molecule has 0 aromatic carbocycles. The summed E-state index contributed by atoms with van der Waals surface area (Å²) in [6, 6.07) is 1.92. The zero-order valence-corrected chi connectivity index (χ0v) is 12.1. The summed E-state index contributed by atoms with van der Waals surface area (Å²) in [6.07, 6.45) is 2.64. The quantitative estimate of drug-likeness (QED) is 0.905. The van der Waals surface area contributed by atoms with Gasteiger partial charge in [-0.15, -0.1) is 0 Å². The average Bonchev–Trinajstić information content (AvgIpc) is 2.34. The number of hydrogen-bond donors (Lipinski definition) is 1. The molecule has 5 heteroatoms. The summed E-state index contributed by atoms with van der Waals surface area (Å²) in [7, 11) is 1.86. The third kappa shape index (κ3) is 4.14. The van der Waals surface area contributed by atoms with Crippen molar-refractivity contribution >= 4 is 5.82 Å². The number of nitrogens with zero attached hydrogens (tertiary/aromatic N) is 2. The predicted molar refractivity (Wildman–Crippen MR) is 74.1 cm³/mol. The van der Waals surface area contributed by atoms with Crippen LogP contribution in [0.4, 0.5) is 5.82 Å². The Morgan fingerprint density at radius 1 is 1.32 bits per heavy atom. The Kier molecular flexibility index (Phi) is 4.71. The molecule has 106 valence electrons. The molecule has 0 aliphatic carbocycles. The molecule has 0 bridgehead atoms. The highest BCUT2D eigenvalue weighted by molar-refractivity contribution is 5.34. The topological polar surface area (TPSA) is 56.3 Å². The molecule has 2 heterocycles. The molecule has 19 heavy (non-hydrogen) atoms. The average molecular weight is 265 g/mol. The van der Waals surface area contributed by atoms with E-state index >= 15 is 0 Å². The molecule has 0 saturated carbocycles. The summed E-state index contributed by atoms with van der Waals surface area (Å²) >= 11 is 0. The van der Waals surface area contributed by atoms with Crippen LogP contribution in [-0.2, 0) is 16.1 Å². The van der Waals surface area contributed by atoms with Gasteiger partial charge in [0.1, 0.15) is 12.4 Å². The zero-order chi connectivity index (χ0) is 13.8. The minimum Gasteiger partial charge on any atom is -0.375 e. The number of ether oxygens (including phenoxy) is 2. The Balaban J connectivity index is 1.93. The molecular formula is C14H23N3O2. The van der Waals surface area contributed by atoms with Gasteiger partial charge >= 0.3 is 0 Å². The van der Waals surface area contributed by atoms with Crippen molar-refractivity contribution in [2.24, 2.45) is 0 Å². The Bertz CT molecular complexity index is 415. The van der Waals surface area contributed by atoms with Crippen LogP contribution in [0.3, 0.4) is 0 Å². The molecule has 0 amide bonds. The number of hydrogen-bond acceptors (Lipinski definition) is 5. The highest BCUT2D eigenvalue weighted by atomic mass is 16.5. The van der Waals surface area contributed by atoms with Crippen molar-refractivity contribution in [3.8, 4) is 0 Å². The van der Waals surface area contributed by atoms with Crippen LogP contribution in [0, 0.1) is 6.92 Å². The monoisotopic (exact) mass is 265 g/mol. The second-order valence-corrected chi connectivity index (χ2v) is 5.22. The minimum atomic E-state index is 0.237. The predicted octanol–water partition coefficient (Wildman–Crippen LogP) is 2.30. The smallest absolute Gasteiger partial charge is 0.156 e. The van der Waals surface area contributed by atoms with Crippen LogP contribution in [0.5, 0.6) is 0 Å². The minimum absolute atomic E-state index is 0.237. The van der Waals surface area contributed by atoms with Gasteiger partial charge in [-0.1, -0.05) is 0 Å². The van der Waals surface area contributed by atoms with Gasteiger partial charge < -0.3 is 14.8 Å². The third-order valence-electron chi connectivity index (χ3n) is 3.26. The zero-order valence-electron chi connectivity index (χ0n) is 12.1. The summed E-state index contributed by atoms with van der Waals surface area (Å²) in [5.74, 6) is 1.57. The lowest BCUT2D eigenvalue weighted by molar-refractivity contribution is -0.107. The van der Waals surface area contributed by atoms with E-state index in [4.69, 9.17) is 9.47 Å². The standard InChI is InChI=1S/C14H23N3O2/c1-9-5-13(15-4)17-14(16-9)8-18-12-6-10(2)19-11(3)7-12/h5,10-12H,6-8H2,1-4H3,(H,15,16,17). The number of rotatable bonds is 4. The lowest BCUT2D eigenvalue weighted by Crippen LogP contribution is -2.34. The van der Waals surface area contributed by atoms with Crippen LogP contribution in [0.2, 0.25) is 0 Å². The molecule has 1 aliphatic rings. The number of anilines is 1. The molecule has 1 fully saturated rings. The van der Waals surface area contributed by atoms with E-state index in [-0.39, 0.29) is 18.3 Å². The first-order chi connectivity index (χ1) is 9.06. The summed E-state index contributed by atoms with van der Waals surface area (Å²) in [5.41, 5.74) is 0.951. The fraction of sp³-hybridized carbons (Fsp3) is 0.714. The van der Waals surface area contributed by atoms with E-state index < -0.39 is 0 Å². The molecular weight excluding hydrogens is 242 g/mol. The van der Waals surface area contributed by atoms with Crippen LogP contribution in [0.15, 0.2) is 6.07 Å². The van der Waals surface area contributed by atoms with E-state index in [0.717, 1.165) is 30.2 Å². The third-order valence-corrected chi connectivity index (χ3v) is 3.26. The van der Waals surface area contributed by atoms with Gasteiger partial charge in [-0.25, -0.2) is 9.97 Å². The Morgan fingerprint density at radius 3 is 2.63 bits per heavy atom. The molecule has 2 atom stereocenters. The molecule has 1 saturated heterocycles. The SMILES string of the molecule is CNc1cc(C)nc(COC2CC(C)OC(C)C2)n1. The molecule has 1 aromatic heterocycles. The van der Waals surface area contributed by atoms with Crippen LogP contribution in [0.25, 0.3) is 0 Å². The van der Waals surface area contributed by atoms with Gasteiger partial charge in [0.2, 0.25) is 0 Å². The highest BCUT2D eigenvalue weighted by Crippen LogP contribution is 2.22. The summed E-state index contributed by atoms with van der Waals surface area (Å²) in [6.45, 7) is 6.60. The number of nitrogens with one attached hydrogen (secondary N) is 1. The van der Waals surface area contributed by atoms with E-state index in [9.17, 15) is 0 Å². The van der Waals surface area contributed by atoms with E-state index in [1.807, 2.05) is 20.0 Å². The largest absolute Gasteiger partial charge is 0.375 e. The second kappa shape index (κ2) is 6.30. The van der Waals surface area contributed by atoms with Crippen molar-refractivity contribution in [1.82, 2.24) is 9.97 Å². The molecule has 1 N–H and O–H groups in total. The maximum absolute atomic E-state index is 5.93. The lowest BCUT2D eigenvalue weighted by atomic mass is 10.0. The molecule has 0 spiro atoms. The number of aromatic nitrogens is 2. The molecule has 0 radical (unpaired) electrons. The lowest BCUT2D eigenvalue weighted by Gasteiger charge is -2.31.